The van der Waals surface area contributed by atoms with Crippen molar-refractivity contribution in [1.82, 2.24) is 14.3 Å². The lowest BCUT2D eigenvalue weighted by molar-refractivity contribution is 0.0731. The van der Waals surface area contributed by atoms with Crippen LogP contribution in [0.25, 0.3) is 0 Å². The maximum absolute atomic E-state index is 13.3. The fourth-order valence-corrected chi connectivity index (χ4v) is 6.90. The zero-order chi connectivity index (χ0) is 19.5. The van der Waals surface area contributed by atoms with Gasteiger partial charge in [0.15, 0.2) is 0 Å². The Balaban J connectivity index is 1.41. The lowest BCUT2D eigenvalue weighted by Crippen LogP contribution is -2.43. The minimum atomic E-state index is -3.76. The molecule has 5 rings (SSSR count). The van der Waals surface area contributed by atoms with Crippen molar-refractivity contribution in [1.29, 1.82) is 0 Å². The van der Waals surface area contributed by atoms with Gasteiger partial charge in [0.1, 0.15) is 5.69 Å². The summed E-state index contributed by atoms with van der Waals surface area (Å²) < 4.78 is 28.0. The van der Waals surface area contributed by atoms with Crippen molar-refractivity contribution >= 4 is 21.6 Å². The smallest absolute Gasteiger partial charge is 0.275 e. The highest BCUT2D eigenvalue weighted by molar-refractivity contribution is 7.89. The van der Waals surface area contributed by atoms with E-state index < -0.39 is 22.0 Å². The van der Waals surface area contributed by atoms with E-state index in [1.807, 2.05) is 0 Å². The number of nitrogens with one attached hydrogen (secondary N) is 1. The second kappa shape index (κ2) is 6.33. The quantitative estimate of drug-likeness (QED) is 0.795. The van der Waals surface area contributed by atoms with Gasteiger partial charge in [-0.3, -0.25) is 9.78 Å². The molecule has 3 fully saturated rings. The van der Waals surface area contributed by atoms with Crippen molar-refractivity contribution in [2.75, 3.05) is 11.9 Å². The molecule has 1 aromatic carbocycles. The van der Waals surface area contributed by atoms with Crippen LogP contribution < -0.4 is 5.32 Å². The molecular formula is C19H20N4O4S. The first-order valence-corrected chi connectivity index (χ1v) is 10.8. The molecule has 9 heteroatoms. The van der Waals surface area contributed by atoms with Crippen LogP contribution in [-0.4, -0.2) is 52.4 Å². The second-order valence-corrected chi connectivity index (χ2v) is 9.67. The Bertz CT molecular complexity index is 1030. The summed E-state index contributed by atoms with van der Waals surface area (Å²) in [6.07, 6.45) is 5.46. The van der Waals surface area contributed by atoms with Gasteiger partial charge in [0.05, 0.1) is 23.2 Å². The minimum Gasteiger partial charge on any atom is -0.391 e. The maximum atomic E-state index is 13.3. The summed E-state index contributed by atoms with van der Waals surface area (Å²) in [4.78, 5) is 20.2. The standard InChI is InChI=1S/C19H20N4O4S/c24-18-11-6-12-10-23(17(18)15(12)7-11)28(26,27)14-3-1-2-13(8-14)22-19(25)16-9-20-4-5-21-16/h1-5,8-9,11-12,15,17-18,24H,6-7,10H2,(H,22,25)/t11-,12-,15+,17+,18+/m0/s1. The van der Waals surface area contributed by atoms with E-state index in [1.54, 1.807) is 12.1 Å². The van der Waals surface area contributed by atoms with E-state index in [0.29, 0.717) is 18.2 Å². The van der Waals surface area contributed by atoms with Crippen LogP contribution in [0.4, 0.5) is 5.69 Å². The van der Waals surface area contributed by atoms with Crippen molar-refractivity contribution in [2.45, 2.75) is 29.9 Å². The molecule has 1 amide bonds. The van der Waals surface area contributed by atoms with E-state index >= 15 is 0 Å². The fourth-order valence-electron chi connectivity index (χ4n) is 5.12. The number of anilines is 1. The van der Waals surface area contributed by atoms with Crippen LogP contribution in [0.3, 0.4) is 0 Å². The Hall–Kier alpha value is -2.36. The molecule has 2 saturated carbocycles. The van der Waals surface area contributed by atoms with Crippen molar-refractivity contribution in [2.24, 2.45) is 17.8 Å². The zero-order valence-corrected chi connectivity index (χ0v) is 15.8. The number of aromatic nitrogens is 2. The van der Waals surface area contributed by atoms with Gasteiger partial charge in [0.2, 0.25) is 10.0 Å². The van der Waals surface area contributed by atoms with Crippen LogP contribution in [0.15, 0.2) is 47.8 Å². The lowest BCUT2D eigenvalue weighted by Gasteiger charge is -2.28. The third kappa shape index (κ3) is 2.65. The van der Waals surface area contributed by atoms with Crippen molar-refractivity contribution < 1.29 is 18.3 Å². The first-order valence-electron chi connectivity index (χ1n) is 9.32. The summed E-state index contributed by atoms with van der Waals surface area (Å²) >= 11 is 0. The first-order chi connectivity index (χ1) is 13.4. The predicted molar refractivity (Wildman–Crippen MR) is 99.8 cm³/mol. The Labute approximate surface area is 162 Å². The van der Waals surface area contributed by atoms with Crippen molar-refractivity contribution in [3.05, 3.63) is 48.5 Å². The van der Waals surface area contributed by atoms with E-state index in [2.05, 4.69) is 15.3 Å². The van der Waals surface area contributed by atoms with Crippen LogP contribution in [0.5, 0.6) is 0 Å². The number of carbonyl (C=O) groups is 1. The average Bonchev–Trinajstić information content (AvgIpc) is 3.32. The predicted octanol–water partition coefficient (Wildman–Crippen LogP) is 1.12. The van der Waals surface area contributed by atoms with Crippen LogP contribution in [-0.2, 0) is 10.0 Å². The van der Waals surface area contributed by atoms with Crippen LogP contribution in [0, 0.1) is 17.8 Å². The molecule has 2 aromatic rings. The van der Waals surface area contributed by atoms with Gasteiger partial charge >= 0.3 is 0 Å². The Morgan fingerprint density at radius 1 is 1.21 bits per heavy atom. The van der Waals surface area contributed by atoms with Crippen LogP contribution in [0.1, 0.15) is 23.3 Å². The molecule has 1 aromatic heterocycles. The van der Waals surface area contributed by atoms with Gasteiger partial charge in [0.25, 0.3) is 5.91 Å². The number of sulfonamides is 1. The highest BCUT2D eigenvalue weighted by atomic mass is 32.2. The third-order valence-corrected chi connectivity index (χ3v) is 8.16. The monoisotopic (exact) mass is 400 g/mol. The van der Waals surface area contributed by atoms with E-state index in [0.717, 1.165) is 12.8 Å². The number of hydrogen-bond acceptors (Lipinski definition) is 6. The Morgan fingerprint density at radius 3 is 2.82 bits per heavy atom. The molecule has 0 radical (unpaired) electrons. The summed E-state index contributed by atoms with van der Waals surface area (Å²) in [6, 6.07) is 5.86. The average molecular weight is 400 g/mol. The Kier molecular flexibility index (Phi) is 4.01. The molecule has 28 heavy (non-hydrogen) atoms. The minimum absolute atomic E-state index is 0.112. The van der Waals surface area contributed by atoms with Gasteiger partial charge in [-0.05, 0) is 48.8 Å². The molecule has 8 nitrogen and oxygen atoms in total. The summed E-state index contributed by atoms with van der Waals surface area (Å²) in [5, 5.41) is 13.2. The summed E-state index contributed by atoms with van der Waals surface area (Å²) in [6.45, 7) is 0.460. The van der Waals surface area contributed by atoms with Crippen molar-refractivity contribution in [3.63, 3.8) is 0 Å². The number of fused-ring (bicyclic) bond motifs is 1. The molecule has 1 aliphatic heterocycles. The van der Waals surface area contributed by atoms with Crippen LogP contribution in [0.2, 0.25) is 0 Å². The van der Waals surface area contributed by atoms with E-state index in [-0.39, 0.29) is 28.5 Å². The SMILES string of the molecule is O=C(Nc1cccc(S(=O)(=O)N2C[C@@H]3C[C@H]4C[C@H]3[C@@H]2[C@@H]4O)c1)c1cnccn1. The highest BCUT2D eigenvalue weighted by Gasteiger charge is 2.61. The molecule has 0 spiro atoms. The maximum Gasteiger partial charge on any atom is 0.275 e. The molecule has 3 aliphatic rings. The van der Waals surface area contributed by atoms with E-state index in [1.165, 1.54) is 35.0 Å². The zero-order valence-electron chi connectivity index (χ0n) is 15.0. The number of aliphatic hydroxyl groups is 1. The number of carbonyl (C=O) groups excluding carboxylic acids is 1. The first kappa shape index (κ1) is 17.7. The Morgan fingerprint density at radius 2 is 2.07 bits per heavy atom. The summed E-state index contributed by atoms with van der Waals surface area (Å²) in [5.74, 6) is 0.357. The van der Waals surface area contributed by atoms with Gasteiger partial charge in [-0.15, -0.1) is 0 Å². The molecule has 2 bridgehead atoms. The topological polar surface area (TPSA) is 112 Å². The third-order valence-electron chi connectivity index (χ3n) is 6.30. The van der Waals surface area contributed by atoms with Crippen LogP contribution >= 0.6 is 0 Å². The molecule has 0 unspecified atom stereocenters. The van der Waals surface area contributed by atoms with Crippen molar-refractivity contribution in [3.8, 4) is 0 Å². The number of benzene rings is 1. The van der Waals surface area contributed by atoms with Gasteiger partial charge in [-0.25, -0.2) is 13.4 Å². The van der Waals surface area contributed by atoms with Gasteiger partial charge in [-0.1, -0.05) is 6.07 Å². The van der Waals surface area contributed by atoms with Gasteiger partial charge in [-0.2, -0.15) is 4.31 Å². The van der Waals surface area contributed by atoms with E-state index in [9.17, 15) is 18.3 Å². The summed E-state index contributed by atoms with van der Waals surface area (Å²) in [7, 11) is -3.76. The molecule has 146 valence electrons. The van der Waals surface area contributed by atoms with Gasteiger partial charge < -0.3 is 10.4 Å². The highest BCUT2D eigenvalue weighted by Crippen LogP contribution is 2.56. The molecule has 5 atom stereocenters. The number of nitrogens with zero attached hydrogens (tertiary/aromatic N) is 3. The number of hydrogen-bond donors (Lipinski definition) is 2. The largest absolute Gasteiger partial charge is 0.391 e. The van der Waals surface area contributed by atoms with E-state index in [4.69, 9.17) is 0 Å². The lowest BCUT2D eigenvalue weighted by atomic mass is 9.88. The number of rotatable bonds is 4. The number of amides is 1. The van der Waals surface area contributed by atoms with Gasteiger partial charge in [0, 0.05) is 24.6 Å². The number of aliphatic hydroxyl groups excluding tert-OH is 1. The molecule has 2 aliphatic carbocycles. The molecular weight excluding hydrogens is 380 g/mol. The molecule has 2 heterocycles. The fraction of sp³-hybridized carbons (Fsp3) is 0.421. The molecule has 1 saturated heterocycles. The second-order valence-electron chi connectivity index (χ2n) is 7.78. The normalized spacial score (nSPS) is 31.2. The summed E-state index contributed by atoms with van der Waals surface area (Å²) in [5.41, 5.74) is 0.510. The molecule has 2 N–H and O–H groups in total.